The molecule has 0 aliphatic carbocycles. The Labute approximate surface area is 161 Å². The van der Waals surface area contributed by atoms with Crippen molar-refractivity contribution in [1.29, 1.82) is 0 Å². The van der Waals surface area contributed by atoms with Gasteiger partial charge < -0.3 is 10.6 Å². The van der Waals surface area contributed by atoms with Gasteiger partial charge in [-0.2, -0.15) is 0 Å². The number of aromatic nitrogens is 2. The summed E-state index contributed by atoms with van der Waals surface area (Å²) in [6, 6.07) is 15.4. The Morgan fingerprint density at radius 3 is 2.48 bits per heavy atom. The molecular weight excluding hydrogens is 364 g/mol. The van der Waals surface area contributed by atoms with Crippen LogP contribution in [0.2, 0.25) is 5.02 Å². The highest BCUT2D eigenvalue weighted by Gasteiger charge is 2.13. The van der Waals surface area contributed by atoms with Crippen LogP contribution in [0.25, 0.3) is 0 Å². The Kier molecular flexibility index (Phi) is 5.78. The van der Waals surface area contributed by atoms with Crippen molar-refractivity contribution >= 4 is 29.1 Å². The first-order valence-electron chi connectivity index (χ1n) is 8.25. The molecule has 7 heteroatoms. The second-order valence-electron chi connectivity index (χ2n) is 5.83. The fourth-order valence-corrected chi connectivity index (χ4v) is 2.50. The minimum Gasteiger partial charge on any atom is -0.345 e. The van der Waals surface area contributed by atoms with E-state index in [0.717, 1.165) is 11.3 Å². The van der Waals surface area contributed by atoms with Gasteiger partial charge in [-0.05, 0) is 48.9 Å². The van der Waals surface area contributed by atoms with Gasteiger partial charge in [0.05, 0.1) is 12.2 Å². The van der Waals surface area contributed by atoms with Crippen LogP contribution in [0.4, 0.5) is 5.69 Å². The SMILES string of the molecule is Cc1ccc(NC(=O)c2cccc(C(=O)NCc3ccccn3)n2)cc1Cl. The number of pyridine rings is 2. The number of halogens is 1. The Bertz CT molecular complexity index is 977. The van der Waals surface area contributed by atoms with Gasteiger partial charge >= 0.3 is 0 Å². The number of aryl methyl sites for hydroxylation is 1. The third kappa shape index (κ3) is 4.89. The van der Waals surface area contributed by atoms with Crippen LogP contribution >= 0.6 is 11.6 Å². The van der Waals surface area contributed by atoms with Gasteiger partial charge in [-0.15, -0.1) is 0 Å². The normalized spacial score (nSPS) is 10.3. The van der Waals surface area contributed by atoms with Gasteiger partial charge in [0.1, 0.15) is 11.4 Å². The van der Waals surface area contributed by atoms with E-state index in [1.54, 1.807) is 42.6 Å². The monoisotopic (exact) mass is 380 g/mol. The summed E-state index contributed by atoms with van der Waals surface area (Å²) in [4.78, 5) is 33.0. The predicted octanol–water partition coefficient (Wildman–Crippen LogP) is 3.62. The maximum atomic E-state index is 12.4. The zero-order valence-corrected chi connectivity index (χ0v) is 15.3. The molecule has 2 N–H and O–H groups in total. The van der Waals surface area contributed by atoms with Gasteiger partial charge in [-0.25, -0.2) is 4.98 Å². The van der Waals surface area contributed by atoms with Crippen LogP contribution in [-0.4, -0.2) is 21.8 Å². The summed E-state index contributed by atoms with van der Waals surface area (Å²) in [7, 11) is 0. The van der Waals surface area contributed by atoms with E-state index >= 15 is 0 Å². The van der Waals surface area contributed by atoms with Crippen molar-refractivity contribution < 1.29 is 9.59 Å². The quantitative estimate of drug-likeness (QED) is 0.708. The molecule has 2 aromatic heterocycles. The van der Waals surface area contributed by atoms with Crippen molar-refractivity contribution in [3.63, 3.8) is 0 Å². The second-order valence-corrected chi connectivity index (χ2v) is 6.24. The molecule has 0 saturated heterocycles. The fraction of sp³-hybridized carbons (Fsp3) is 0.100. The topological polar surface area (TPSA) is 84.0 Å². The Morgan fingerprint density at radius 2 is 1.78 bits per heavy atom. The molecule has 3 rings (SSSR count). The molecule has 2 heterocycles. The van der Waals surface area contributed by atoms with Gasteiger partial charge in [0, 0.05) is 16.9 Å². The van der Waals surface area contributed by atoms with Crippen molar-refractivity contribution in [3.8, 4) is 0 Å². The maximum absolute atomic E-state index is 12.4. The third-order valence-electron chi connectivity index (χ3n) is 3.80. The standard InChI is InChI=1S/C20H17ClN4O2/c1-13-8-9-14(11-16(13)21)24-20(27)18-7-4-6-17(25-18)19(26)23-12-15-5-2-3-10-22-15/h2-11H,12H2,1H3,(H,23,26)(H,24,27). The van der Waals surface area contributed by atoms with Crippen LogP contribution in [0.15, 0.2) is 60.8 Å². The Hall–Kier alpha value is -3.25. The van der Waals surface area contributed by atoms with Crippen LogP contribution in [0.5, 0.6) is 0 Å². The van der Waals surface area contributed by atoms with E-state index < -0.39 is 5.91 Å². The van der Waals surface area contributed by atoms with Crippen molar-refractivity contribution in [2.24, 2.45) is 0 Å². The molecular formula is C20H17ClN4O2. The molecule has 27 heavy (non-hydrogen) atoms. The van der Waals surface area contributed by atoms with Crippen molar-refractivity contribution in [1.82, 2.24) is 15.3 Å². The van der Waals surface area contributed by atoms with Crippen LogP contribution < -0.4 is 10.6 Å². The lowest BCUT2D eigenvalue weighted by molar-refractivity contribution is 0.0945. The molecule has 0 fully saturated rings. The summed E-state index contributed by atoms with van der Waals surface area (Å²) < 4.78 is 0. The van der Waals surface area contributed by atoms with Crippen LogP contribution in [-0.2, 0) is 6.54 Å². The zero-order chi connectivity index (χ0) is 19.2. The fourth-order valence-electron chi connectivity index (χ4n) is 2.32. The summed E-state index contributed by atoms with van der Waals surface area (Å²) in [5, 5.41) is 6.01. The summed E-state index contributed by atoms with van der Waals surface area (Å²) in [6.07, 6.45) is 1.65. The van der Waals surface area contributed by atoms with E-state index in [4.69, 9.17) is 11.6 Å². The average molecular weight is 381 g/mol. The minimum atomic E-state index is -0.422. The molecule has 2 amide bonds. The van der Waals surface area contributed by atoms with Gasteiger partial charge in [0.15, 0.2) is 0 Å². The lowest BCUT2D eigenvalue weighted by Crippen LogP contribution is -2.25. The third-order valence-corrected chi connectivity index (χ3v) is 4.21. The number of hydrogen-bond acceptors (Lipinski definition) is 4. The zero-order valence-electron chi connectivity index (χ0n) is 14.6. The highest BCUT2D eigenvalue weighted by molar-refractivity contribution is 6.31. The number of benzene rings is 1. The van der Waals surface area contributed by atoms with Crippen LogP contribution in [0.1, 0.15) is 32.2 Å². The molecule has 0 aliphatic heterocycles. The van der Waals surface area contributed by atoms with E-state index in [1.165, 1.54) is 0 Å². The van der Waals surface area contributed by atoms with Gasteiger partial charge in [0.2, 0.25) is 0 Å². The Morgan fingerprint density at radius 1 is 1.00 bits per heavy atom. The van der Waals surface area contributed by atoms with E-state index in [1.807, 2.05) is 25.1 Å². The maximum Gasteiger partial charge on any atom is 0.274 e. The number of rotatable bonds is 5. The molecule has 0 aliphatic rings. The van der Waals surface area contributed by atoms with Crippen molar-refractivity contribution in [2.75, 3.05) is 5.32 Å². The van der Waals surface area contributed by atoms with E-state index in [0.29, 0.717) is 10.7 Å². The molecule has 0 bridgehead atoms. The molecule has 0 spiro atoms. The number of amides is 2. The smallest absolute Gasteiger partial charge is 0.274 e. The predicted molar refractivity (Wildman–Crippen MR) is 104 cm³/mol. The average Bonchev–Trinajstić information content (AvgIpc) is 2.70. The highest BCUT2D eigenvalue weighted by atomic mass is 35.5. The van der Waals surface area contributed by atoms with Crippen LogP contribution in [0.3, 0.4) is 0 Å². The molecule has 1 aromatic carbocycles. The summed E-state index contributed by atoms with van der Waals surface area (Å²) in [5.41, 5.74) is 2.50. The van der Waals surface area contributed by atoms with E-state index in [2.05, 4.69) is 20.6 Å². The number of nitrogens with zero attached hydrogens (tertiary/aromatic N) is 2. The lowest BCUT2D eigenvalue weighted by atomic mass is 10.2. The van der Waals surface area contributed by atoms with Gasteiger partial charge in [0.25, 0.3) is 11.8 Å². The molecule has 3 aromatic rings. The first-order chi connectivity index (χ1) is 13.0. The lowest BCUT2D eigenvalue weighted by Gasteiger charge is -2.08. The van der Waals surface area contributed by atoms with Crippen molar-refractivity contribution in [3.05, 3.63) is 88.5 Å². The van der Waals surface area contributed by atoms with Crippen molar-refractivity contribution in [2.45, 2.75) is 13.5 Å². The second kappa shape index (κ2) is 8.42. The first kappa shape index (κ1) is 18.5. The number of anilines is 1. The minimum absolute atomic E-state index is 0.136. The molecule has 136 valence electrons. The number of nitrogens with one attached hydrogen (secondary N) is 2. The Balaban J connectivity index is 1.67. The van der Waals surface area contributed by atoms with Crippen LogP contribution in [0, 0.1) is 6.92 Å². The largest absolute Gasteiger partial charge is 0.345 e. The molecule has 0 radical (unpaired) electrons. The number of hydrogen-bond donors (Lipinski definition) is 2. The van der Waals surface area contributed by atoms with Gasteiger partial charge in [-0.1, -0.05) is 29.8 Å². The van der Waals surface area contributed by atoms with E-state index in [9.17, 15) is 9.59 Å². The number of carbonyl (C=O) groups is 2. The summed E-state index contributed by atoms with van der Waals surface area (Å²) in [5.74, 6) is -0.803. The molecule has 0 saturated carbocycles. The van der Waals surface area contributed by atoms with E-state index in [-0.39, 0.29) is 23.8 Å². The number of carbonyl (C=O) groups excluding carboxylic acids is 2. The highest BCUT2D eigenvalue weighted by Crippen LogP contribution is 2.20. The molecule has 0 atom stereocenters. The molecule has 0 unspecified atom stereocenters. The molecule has 6 nitrogen and oxygen atoms in total. The summed E-state index contributed by atoms with van der Waals surface area (Å²) in [6.45, 7) is 2.15. The first-order valence-corrected chi connectivity index (χ1v) is 8.63. The summed E-state index contributed by atoms with van der Waals surface area (Å²) >= 11 is 6.07. The van der Waals surface area contributed by atoms with Gasteiger partial charge in [-0.3, -0.25) is 14.6 Å².